The zero-order valence-electron chi connectivity index (χ0n) is 17.3. The second-order valence-corrected chi connectivity index (χ2v) is 8.97. The Morgan fingerprint density at radius 3 is 2.04 bits per heavy atom. The number of fused-ring (bicyclic) bond motifs is 1. The second-order valence-electron chi connectivity index (χ2n) is 8.97. The highest BCUT2D eigenvalue weighted by Gasteiger charge is 2.36. The summed E-state index contributed by atoms with van der Waals surface area (Å²) in [5, 5.41) is 0. The van der Waals surface area contributed by atoms with Gasteiger partial charge in [0.2, 0.25) is 0 Å². The first kappa shape index (κ1) is 19.4. The van der Waals surface area contributed by atoms with E-state index in [2.05, 4.69) is 58.9 Å². The molecule has 0 radical (unpaired) electrons. The van der Waals surface area contributed by atoms with Crippen LogP contribution in [0.4, 0.5) is 0 Å². The number of carbonyl (C=O) groups is 1. The Labute approximate surface area is 163 Å². The molecule has 2 nitrogen and oxygen atoms in total. The topological polar surface area (TPSA) is 26.3 Å². The van der Waals surface area contributed by atoms with E-state index in [0.29, 0.717) is 5.56 Å². The molecule has 0 fully saturated rings. The van der Waals surface area contributed by atoms with Gasteiger partial charge in [0.05, 0.1) is 12.7 Å². The van der Waals surface area contributed by atoms with Gasteiger partial charge in [-0.15, -0.1) is 0 Å². The number of hydrogen-bond acceptors (Lipinski definition) is 2. The van der Waals surface area contributed by atoms with E-state index in [4.69, 9.17) is 4.74 Å². The van der Waals surface area contributed by atoms with E-state index in [9.17, 15) is 4.79 Å². The third-order valence-electron chi connectivity index (χ3n) is 6.02. The average Bonchev–Trinajstić information content (AvgIpc) is 2.65. The zero-order valence-corrected chi connectivity index (χ0v) is 17.3. The van der Waals surface area contributed by atoms with Crippen molar-refractivity contribution < 1.29 is 9.53 Å². The van der Waals surface area contributed by atoms with Crippen molar-refractivity contribution >= 4 is 17.6 Å². The maximum atomic E-state index is 11.6. The number of carbonyl (C=O) groups excluding carboxylic acids is 1. The molecule has 1 aliphatic carbocycles. The lowest BCUT2D eigenvalue weighted by molar-refractivity contribution is 0.0600. The van der Waals surface area contributed by atoms with Gasteiger partial charge in [0, 0.05) is 0 Å². The summed E-state index contributed by atoms with van der Waals surface area (Å²) >= 11 is 0. The fourth-order valence-corrected chi connectivity index (χ4v) is 4.02. The monoisotopic (exact) mass is 362 g/mol. The highest BCUT2D eigenvalue weighted by atomic mass is 16.5. The number of hydrogen-bond donors (Lipinski definition) is 0. The smallest absolute Gasteiger partial charge is 0.337 e. The van der Waals surface area contributed by atoms with Crippen molar-refractivity contribution in [1.82, 2.24) is 0 Å². The molecule has 0 aliphatic heterocycles. The molecule has 0 atom stereocenters. The van der Waals surface area contributed by atoms with Crippen molar-refractivity contribution in [3.05, 3.63) is 70.3 Å². The first-order chi connectivity index (χ1) is 12.6. The van der Waals surface area contributed by atoms with Crippen LogP contribution in [0, 0.1) is 0 Å². The van der Waals surface area contributed by atoms with E-state index >= 15 is 0 Å². The molecule has 0 aromatic heterocycles. The van der Waals surface area contributed by atoms with Crippen LogP contribution >= 0.6 is 0 Å². The van der Waals surface area contributed by atoms with Gasteiger partial charge in [-0.05, 0) is 70.6 Å². The summed E-state index contributed by atoms with van der Waals surface area (Å²) in [7, 11) is 1.40. The van der Waals surface area contributed by atoms with Crippen molar-refractivity contribution in [3.63, 3.8) is 0 Å². The summed E-state index contributed by atoms with van der Waals surface area (Å²) in [4.78, 5) is 11.6. The Morgan fingerprint density at radius 1 is 0.889 bits per heavy atom. The molecular weight excluding hydrogens is 332 g/mol. The highest BCUT2D eigenvalue weighted by molar-refractivity contribution is 5.90. The standard InChI is InChI=1S/C25H30O2/c1-17(19-8-10-20(11-9-19)23(26)27-6)15-18-7-12-21-22(16-18)25(4,5)14-13-24(21,2)3/h7-12,15-16H,13-14H2,1-6H3/b17-15-. The average molecular weight is 363 g/mol. The van der Waals surface area contributed by atoms with Crippen LogP contribution in [0.2, 0.25) is 0 Å². The predicted octanol–water partition coefficient (Wildman–Crippen LogP) is 6.38. The largest absolute Gasteiger partial charge is 0.465 e. The van der Waals surface area contributed by atoms with Crippen molar-refractivity contribution in [2.45, 2.75) is 58.3 Å². The van der Waals surface area contributed by atoms with Gasteiger partial charge < -0.3 is 4.74 Å². The molecule has 27 heavy (non-hydrogen) atoms. The lowest BCUT2D eigenvalue weighted by atomic mass is 9.63. The molecule has 2 heteroatoms. The quantitative estimate of drug-likeness (QED) is 0.467. The van der Waals surface area contributed by atoms with Gasteiger partial charge in [0.25, 0.3) is 0 Å². The van der Waals surface area contributed by atoms with Crippen LogP contribution < -0.4 is 0 Å². The van der Waals surface area contributed by atoms with E-state index in [1.807, 2.05) is 24.3 Å². The zero-order chi connectivity index (χ0) is 19.8. The summed E-state index contributed by atoms with van der Waals surface area (Å²) < 4.78 is 4.77. The predicted molar refractivity (Wildman–Crippen MR) is 113 cm³/mol. The Hall–Kier alpha value is -2.35. The van der Waals surface area contributed by atoms with E-state index in [1.165, 1.54) is 42.2 Å². The van der Waals surface area contributed by atoms with Crippen LogP contribution in [-0.2, 0) is 15.6 Å². The van der Waals surface area contributed by atoms with Crippen molar-refractivity contribution in [2.24, 2.45) is 0 Å². The molecular formula is C25H30O2. The summed E-state index contributed by atoms with van der Waals surface area (Å²) in [5.41, 5.74) is 7.51. The molecule has 0 saturated carbocycles. The van der Waals surface area contributed by atoms with Crippen LogP contribution in [-0.4, -0.2) is 13.1 Å². The Morgan fingerprint density at radius 2 is 1.44 bits per heavy atom. The van der Waals surface area contributed by atoms with Gasteiger partial charge in [-0.1, -0.05) is 64.1 Å². The number of methoxy groups -OCH3 is 1. The maximum Gasteiger partial charge on any atom is 0.337 e. The molecule has 0 spiro atoms. The van der Waals surface area contributed by atoms with E-state index in [1.54, 1.807) is 0 Å². The number of esters is 1. The molecule has 0 saturated heterocycles. The fraction of sp³-hybridized carbons (Fsp3) is 0.400. The van der Waals surface area contributed by atoms with Crippen LogP contribution in [0.25, 0.3) is 11.6 Å². The first-order valence-corrected chi connectivity index (χ1v) is 9.66. The number of rotatable bonds is 3. The van der Waals surface area contributed by atoms with Crippen molar-refractivity contribution in [3.8, 4) is 0 Å². The van der Waals surface area contributed by atoms with Crippen LogP contribution in [0.5, 0.6) is 0 Å². The van der Waals surface area contributed by atoms with Gasteiger partial charge in [-0.3, -0.25) is 0 Å². The third-order valence-corrected chi connectivity index (χ3v) is 6.02. The SMILES string of the molecule is COC(=O)c1ccc(/C(C)=C\c2ccc3c(c2)C(C)(C)CCC3(C)C)cc1. The van der Waals surface area contributed by atoms with Crippen LogP contribution in [0.1, 0.15) is 80.1 Å². The molecule has 0 heterocycles. The molecule has 1 aliphatic rings. The number of ether oxygens (including phenoxy) is 1. The molecule has 142 valence electrons. The van der Waals surface area contributed by atoms with Gasteiger partial charge in [-0.2, -0.15) is 0 Å². The fourth-order valence-electron chi connectivity index (χ4n) is 4.02. The first-order valence-electron chi connectivity index (χ1n) is 9.66. The Bertz CT molecular complexity index is 883. The maximum absolute atomic E-state index is 11.6. The minimum Gasteiger partial charge on any atom is -0.465 e. The summed E-state index contributed by atoms with van der Waals surface area (Å²) in [6.45, 7) is 11.5. The Kier molecular flexibility index (Phi) is 5.03. The normalized spacial score (nSPS) is 17.9. The molecule has 3 rings (SSSR count). The molecule has 0 N–H and O–H groups in total. The van der Waals surface area contributed by atoms with Crippen LogP contribution in [0.3, 0.4) is 0 Å². The lowest BCUT2D eigenvalue weighted by Gasteiger charge is -2.42. The molecule has 0 unspecified atom stereocenters. The Balaban J connectivity index is 1.94. The highest BCUT2D eigenvalue weighted by Crippen LogP contribution is 2.46. The molecule has 0 bridgehead atoms. The van der Waals surface area contributed by atoms with E-state index in [-0.39, 0.29) is 16.8 Å². The number of benzene rings is 2. The van der Waals surface area contributed by atoms with Crippen LogP contribution in [0.15, 0.2) is 42.5 Å². The van der Waals surface area contributed by atoms with E-state index < -0.39 is 0 Å². The molecule has 0 amide bonds. The van der Waals surface area contributed by atoms with Crippen molar-refractivity contribution in [1.29, 1.82) is 0 Å². The minimum atomic E-state index is -0.303. The molecule has 2 aromatic rings. The summed E-state index contributed by atoms with van der Waals surface area (Å²) in [6.07, 6.45) is 4.67. The molecule has 2 aromatic carbocycles. The number of allylic oxidation sites excluding steroid dienone is 1. The van der Waals surface area contributed by atoms with Crippen molar-refractivity contribution in [2.75, 3.05) is 7.11 Å². The minimum absolute atomic E-state index is 0.213. The second kappa shape index (κ2) is 6.99. The summed E-state index contributed by atoms with van der Waals surface area (Å²) in [5.74, 6) is -0.303. The lowest BCUT2D eigenvalue weighted by Crippen LogP contribution is -2.33. The third kappa shape index (κ3) is 3.85. The van der Waals surface area contributed by atoms with E-state index in [0.717, 1.165) is 5.56 Å². The van der Waals surface area contributed by atoms with Gasteiger partial charge in [0.1, 0.15) is 0 Å². The van der Waals surface area contributed by atoms with Gasteiger partial charge >= 0.3 is 5.97 Å². The van der Waals surface area contributed by atoms with Gasteiger partial charge in [0.15, 0.2) is 0 Å². The van der Waals surface area contributed by atoms with Gasteiger partial charge in [-0.25, -0.2) is 4.79 Å². The summed E-state index contributed by atoms with van der Waals surface area (Å²) in [6, 6.07) is 14.5.